The Morgan fingerprint density at radius 3 is 2.53 bits per heavy atom. The van der Waals surface area contributed by atoms with Gasteiger partial charge in [0.15, 0.2) is 0 Å². The van der Waals surface area contributed by atoms with Gasteiger partial charge >= 0.3 is 0 Å². The fraction of sp³-hybridized carbons (Fsp3) is 0.500. The number of nitrogens with one attached hydrogen (secondary N) is 1. The fourth-order valence-electron chi connectivity index (χ4n) is 2.38. The molecule has 0 unspecified atom stereocenters. The highest BCUT2D eigenvalue weighted by atomic mass is 19.1. The van der Waals surface area contributed by atoms with Crippen LogP contribution in [0.2, 0.25) is 0 Å². The van der Waals surface area contributed by atoms with Crippen LogP contribution < -0.4 is 5.32 Å². The van der Waals surface area contributed by atoms with E-state index in [0.29, 0.717) is 11.5 Å². The minimum absolute atomic E-state index is 0.0937. The predicted octanol–water partition coefficient (Wildman–Crippen LogP) is 3.13. The molecule has 1 saturated carbocycles. The second-order valence-electron chi connectivity index (χ2n) is 4.85. The zero-order chi connectivity index (χ0) is 12.3. The molecule has 0 aromatic heterocycles. The molecule has 0 radical (unpaired) electrons. The molecule has 92 valence electrons. The zero-order valence-corrected chi connectivity index (χ0v) is 10.1. The van der Waals surface area contributed by atoms with E-state index in [1.807, 2.05) is 0 Å². The van der Waals surface area contributed by atoms with Crippen LogP contribution in [-0.2, 0) is 0 Å². The van der Waals surface area contributed by atoms with Crippen molar-refractivity contribution in [3.8, 4) is 0 Å². The summed E-state index contributed by atoms with van der Waals surface area (Å²) in [6.07, 6.45) is 4.66. The summed E-state index contributed by atoms with van der Waals surface area (Å²) >= 11 is 0. The monoisotopic (exact) mass is 235 g/mol. The maximum absolute atomic E-state index is 12.7. The van der Waals surface area contributed by atoms with Crippen LogP contribution in [0.5, 0.6) is 0 Å². The fourth-order valence-corrected chi connectivity index (χ4v) is 2.38. The first-order chi connectivity index (χ1) is 8.16. The van der Waals surface area contributed by atoms with Crippen molar-refractivity contribution in [3.05, 3.63) is 35.6 Å². The summed E-state index contributed by atoms with van der Waals surface area (Å²) in [5.41, 5.74) is 0.532. The number of carbonyl (C=O) groups is 1. The molecule has 0 spiro atoms. The number of hydrogen-bond acceptors (Lipinski definition) is 1. The van der Waals surface area contributed by atoms with Crippen LogP contribution in [0.1, 0.15) is 43.0 Å². The Labute approximate surface area is 101 Å². The Morgan fingerprint density at radius 2 is 1.88 bits per heavy atom. The molecule has 1 fully saturated rings. The molecule has 0 heterocycles. The lowest BCUT2D eigenvalue weighted by Gasteiger charge is -2.29. The van der Waals surface area contributed by atoms with Gasteiger partial charge < -0.3 is 5.32 Å². The van der Waals surface area contributed by atoms with Crippen molar-refractivity contribution in [3.63, 3.8) is 0 Å². The minimum Gasteiger partial charge on any atom is -0.349 e. The standard InChI is InChI=1S/C14H18FNO/c1-10-4-2-3-5-13(10)16-14(17)11-6-8-12(15)9-7-11/h6-10,13H,2-5H2,1H3,(H,16,17)/t10-,13+/m1/s1. The molecular weight excluding hydrogens is 217 g/mol. The van der Waals surface area contributed by atoms with Gasteiger partial charge in [0.2, 0.25) is 0 Å². The van der Waals surface area contributed by atoms with Crippen LogP contribution in [0.25, 0.3) is 0 Å². The summed E-state index contributed by atoms with van der Waals surface area (Å²) in [6.45, 7) is 2.18. The Bertz CT molecular complexity index is 388. The molecule has 3 heteroatoms. The van der Waals surface area contributed by atoms with Crippen LogP contribution in [0.3, 0.4) is 0 Å². The van der Waals surface area contributed by atoms with Gasteiger partial charge in [0, 0.05) is 11.6 Å². The lowest BCUT2D eigenvalue weighted by atomic mass is 9.86. The summed E-state index contributed by atoms with van der Waals surface area (Å²) in [5.74, 6) is 0.129. The number of hydrogen-bond donors (Lipinski definition) is 1. The van der Waals surface area contributed by atoms with Crippen molar-refractivity contribution in [1.82, 2.24) is 5.32 Å². The smallest absolute Gasteiger partial charge is 0.251 e. The van der Waals surface area contributed by atoms with Crippen LogP contribution in [0.15, 0.2) is 24.3 Å². The SMILES string of the molecule is C[C@@H]1CCCC[C@@H]1NC(=O)c1ccc(F)cc1. The molecule has 0 saturated heterocycles. The van der Waals surface area contributed by atoms with Crippen LogP contribution in [-0.4, -0.2) is 11.9 Å². The van der Waals surface area contributed by atoms with E-state index in [9.17, 15) is 9.18 Å². The van der Waals surface area contributed by atoms with Crippen molar-refractivity contribution in [1.29, 1.82) is 0 Å². The average molecular weight is 235 g/mol. The maximum atomic E-state index is 12.7. The van der Waals surface area contributed by atoms with Gasteiger partial charge in [0.1, 0.15) is 5.82 Å². The summed E-state index contributed by atoms with van der Waals surface area (Å²) in [6, 6.07) is 5.95. The van der Waals surface area contributed by atoms with Gasteiger partial charge in [-0.05, 0) is 43.0 Å². The Kier molecular flexibility index (Phi) is 3.77. The lowest BCUT2D eigenvalue weighted by Crippen LogP contribution is -2.41. The molecule has 17 heavy (non-hydrogen) atoms. The molecule has 1 amide bonds. The third-order valence-electron chi connectivity index (χ3n) is 3.53. The number of halogens is 1. The third kappa shape index (κ3) is 3.05. The number of amides is 1. The van der Waals surface area contributed by atoms with E-state index in [1.165, 1.54) is 43.5 Å². The number of rotatable bonds is 2. The molecule has 1 aliphatic rings. The van der Waals surface area contributed by atoms with Crippen molar-refractivity contribution >= 4 is 5.91 Å². The molecule has 1 N–H and O–H groups in total. The number of carbonyl (C=O) groups excluding carboxylic acids is 1. The van der Waals surface area contributed by atoms with Gasteiger partial charge in [-0.25, -0.2) is 4.39 Å². The number of benzene rings is 1. The quantitative estimate of drug-likeness (QED) is 0.838. The highest BCUT2D eigenvalue weighted by Gasteiger charge is 2.23. The Hall–Kier alpha value is -1.38. The van der Waals surface area contributed by atoms with Crippen LogP contribution >= 0.6 is 0 Å². The summed E-state index contributed by atoms with van der Waals surface area (Å²) in [5, 5.41) is 3.04. The molecular formula is C14H18FNO. The van der Waals surface area contributed by atoms with E-state index < -0.39 is 0 Å². The van der Waals surface area contributed by atoms with Gasteiger partial charge in [-0.2, -0.15) is 0 Å². The van der Waals surface area contributed by atoms with Crippen molar-refractivity contribution in [2.45, 2.75) is 38.6 Å². The average Bonchev–Trinajstić information content (AvgIpc) is 2.33. The van der Waals surface area contributed by atoms with Gasteiger partial charge in [-0.3, -0.25) is 4.79 Å². The van der Waals surface area contributed by atoms with E-state index in [4.69, 9.17) is 0 Å². The summed E-state index contributed by atoms with van der Waals surface area (Å²) in [7, 11) is 0. The highest BCUT2D eigenvalue weighted by Crippen LogP contribution is 2.23. The molecule has 1 aliphatic carbocycles. The van der Waals surface area contributed by atoms with E-state index >= 15 is 0 Å². The van der Waals surface area contributed by atoms with E-state index in [2.05, 4.69) is 12.2 Å². The molecule has 1 aromatic rings. The highest BCUT2D eigenvalue weighted by molar-refractivity contribution is 5.94. The van der Waals surface area contributed by atoms with Crippen molar-refractivity contribution < 1.29 is 9.18 Å². The summed E-state index contributed by atoms with van der Waals surface area (Å²) in [4.78, 5) is 11.9. The Morgan fingerprint density at radius 1 is 1.24 bits per heavy atom. The molecule has 2 nitrogen and oxygen atoms in total. The second kappa shape index (κ2) is 5.30. The molecule has 0 aliphatic heterocycles. The van der Waals surface area contributed by atoms with E-state index in [-0.39, 0.29) is 17.8 Å². The Balaban J connectivity index is 1.98. The maximum Gasteiger partial charge on any atom is 0.251 e. The minimum atomic E-state index is -0.312. The van der Waals surface area contributed by atoms with Gasteiger partial charge in [0.05, 0.1) is 0 Å². The van der Waals surface area contributed by atoms with Gasteiger partial charge in [-0.1, -0.05) is 19.8 Å². The lowest BCUT2D eigenvalue weighted by molar-refractivity contribution is 0.0910. The predicted molar refractivity (Wildman–Crippen MR) is 65.3 cm³/mol. The van der Waals surface area contributed by atoms with Crippen molar-refractivity contribution in [2.75, 3.05) is 0 Å². The molecule has 2 rings (SSSR count). The van der Waals surface area contributed by atoms with Crippen molar-refractivity contribution in [2.24, 2.45) is 5.92 Å². The van der Waals surface area contributed by atoms with Crippen LogP contribution in [0, 0.1) is 11.7 Å². The topological polar surface area (TPSA) is 29.1 Å². The van der Waals surface area contributed by atoms with Crippen LogP contribution in [0.4, 0.5) is 4.39 Å². The van der Waals surface area contributed by atoms with Gasteiger partial charge in [0.25, 0.3) is 5.91 Å². The normalized spacial score (nSPS) is 24.4. The first-order valence-corrected chi connectivity index (χ1v) is 6.23. The van der Waals surface area contributed by atoms with Gasteiger partial charge in [-0.15, -0.1) is 0 Å². The zero-order valence-electron chi connectivity index (χ0n) is 10.1. The first-order valence-electron chi connectivity index (χ1n) is 6.23. The molecule has 2 atom stereocenters. The first kappa shape index (κ1) is 12.1. The molecule has 1 aromatic carbocycles. The summed E-state index contributed by atoms with van der Waals surface area (Å²) < 4.78 is 12.7. The molecule has 0 bridgehead atoms. The van der Waals surface area contributed by atoms with E-state index in [1.54, 1.807) is 0 Å². The second-order valence-corrected chi connectivity index (χ2v) is 4.85. The van der Waals surface area contributed by atoms with E-state index in [0.717, 1.165) is 6.42 Å². The largest absolute Gasteiger partial charge is 0.349 e. The third-order valence-corrected chi connectivity index (χ3v) is 3.53.